The molecule has 238 valence electrons. The fourth-order valence-electron chi connectivity index (χ4n) is 4.30. The first kappa shape index (κ1) is 33.3. The van der Waals surface area contributed by atoms with Gasteiger partial charge in [0.1, 0.15) is 17.2 Å². The molecule has 0 bridgehead atoms. The molecule has 0 radical (unpaired) electrons. The van der Waals surface area contributed by atoms with Crippen molar-refractivity contribution in [3.05, 3.63) is 67.3 Å². The maximum atomic E-state index is 14.9. The van der Waals surface area contributed by atoms with Gasteiger partial charge in [-0.1, -0.05) is 13.0 Å². The fourth-order valence-corrected chi connectivity index (χ4v) is 5.66. The first-order valence-corrected chi connectivity index (χ1v) is 15.8. The summed E-state index contributed by atoms with van der Waals surface area (Å²) in [6.45, 7) is 2.70. The van der Waals surface area contributed by atoms with Gasteiger partial charge in [-0.2, -0.15) is 13.1 Å². The lowest BCUT2D eigenvalue weighted by Crippen LogP contribution is -2.40. The van der Waals surface area contributed by atoms with Gasteiger partial charge in [-0.25, -0.2) is 4.39 Å². The molecule has 44 heavy (non-hydrogen) atoms. The molecule has 2 aromatic carbocycles. The van der Waals surface area contributed by atoms with Crippen molar-refractivity contribution < 1.29 is 40.2 Å². The van der Waals surface area contributed by atoms with Gasteiger partial charge < -0.3 is 20.1 Å². The lowest BCUT2D eigenvalue weighted by molar-refractivity contribution is -0.274. The third kappa shape index (κ3) is 7.73. The topological polar surface area (TPSA) is 140 Å². The van der Waals surface area contributed by atoms with Gasteiger partial charge in [-0.3, -0.25) is 18.9 Å². The number of nitrogens with zero attached hydrogens (tertiary/aromatic N) is 1. The maximum Gasteiger partial charge on any atom is 0.573 e. The number of carbonyl (C=O) groups excluding carboxylic acids is 1. The summed E-state index contributed by atoms with van der Waals surface area (Å²) in [5.74, 6) is -3.82. The molecule has 1 aliphatic carbocycles. The second kappa shape index (κ2) is 13.2. The van der Waals surface area contributed by atoms with Gasteiger partial charge in [0.15, 0.2) is 17.2 Å². The molecule has 0 saturated heterocycles. The molecule has 3 aromatic rings. The van der Waals surface area contributed by atoms with E-state index in [1.807, 2.05) is 27.3 Å². The lowest BCUT2D eigenvalue weighted by atomic mass is 9.93. The van der Waals surface area contributed by atoms with Crippen LogP contribution < -0.4 is 35.1 Å². The first-order chi connectivity index (χ1) is 20.6. The van der Waals surface area contributed by atoms with E-state index < -0.39 is 56.8 Å². The number of ether oxygens (including phenoxy) is 2. The van der Waals surface area contributed by atoms with Crippen LogP contribution in [-0.2, 0) is 17.3 Å². The van der Waals surface area contributed by atoms with Crippen LogP contribution in [0.25, 0.3) is 0 Å². The van der Waals surface area contributed by atoms with E-state index in [4.69, 9.17) is 4.74 Å². The summed E-state index contributed by atoms with van der Waals surface area (Å²) in [6.07, 6.45) is -3.07. The molecule has 17 heteroatoms. The third-order valence-corrected chi connectivity index (χ3v) is 8.43. The number of anilines is 3. The second-order valence-electron chi connectivity index (χ2n) is 9.78. The molecule has 1 aromatic heterocycles. The molecule has 1 heterocycles. The van der Waals surface area contributed by atoms with E-state index in [-0.39, 0.29) is 35.2 Å². The van der Waals surface area contributed by atoms with Crippen molar-refractivity contribution in [1.82, 2.24) is 14.6 Å². The Balaban J connectivity index is 1.92. The number of amides is 1. The maximum absolute atomic E-state index is 14.9. The fraction of sp³-hybridized carbons (Fsp3) is 0.333. The Morgan fingerprint density at radius 3 is 2.43 bits per heavy atom. The number of hydrogen-bond donors (Lipinski definition) is 4. The Labute approximate surface area is 263 Å². The van der Waals surface area contributed by atoms with Crippen molar-refractivity contribution in [3.63, 3.8) is 0 Å². The van der Waals surface area contributed by atoms with Gasteiger partial charge in [0.05, 0.1) is 16.9 Å². The van der Waals surface area contributed by atoms with Gasteiger partial charge in [0.2, 0.25) is 0 Å². The summed E-state index contributed by atoms with van der Waals surface area (Å²) >= 11 is 1.91. The van der Waals surface area contributed by atoms with Crippen LogP contribution in [0.2, 0.25) is 0 Å². The zero-order valence-corrected chi connectivity index (χ0v) is 26.5. The molecular formula is C27H28F4IN5O6S. The highest BCUT2D eigenvalue weighted by Gasteiger charge is 2.36. The predicted octanol–water partition coefficient (Wildman–Crippen LogP) is 5.42. The minimum atomic E-state index is -5.29. The Morgan fingerprint density at radius 2 is 1.84 bits per heavy atom. The van der Waals surface area contributed by atoms with Crippen LogP contribution in [0.4, 0.5) is 34.8 Å². The van der Waals surface area contributed by atoms with E-state index in [1.54, 1.807) is 6.07 Å². The predicted molar refractivity (Wildman–Crippen MR) is 163 cm³/mol. The van der Waals surface area contributed by atoms with Crippen molar-refractivity contribution in [1.29, 1.82) is 0 Å². The van der Waals surface area contributed by atoms with Crippen molar-refractivity contribution in [2.75, 3.05) is 16.6 Å². The van der Waals surface area contributed by atoms with E-state index in [9.17, 15) is 35.6 Å². The van der Waals surface area contributed by atoms with Crippen LogP contribution in [0.1, 0.15) is 42.1 Å². The highest BCUT2D eigenvalue weighted by Crippen LogP contribution is 2.43. The SMILES string of the molecule is CCNS(=O)(=O)Nc1cccc(Oc2c(C(=O)NC3CCC3)c(Nc3ccc(I)cc3F)n(C)c(=O)c2C)c1OC(F)(F)F. The van der Waals surface area contributed by atoms with E-state index >= 15 is 0 Å². The van der Waals surface area contributed by atoms with E-state index in [2.05, 4.69) is 20.1 Å². The molecule has 11 nitrogen and oxygen atoms in total. The number of para-hydroxylation sites is 1. The van der Waals surface area contributed by atoms with Crippen LogP contribution in [0.15, 0.2) is 41.2 Å². The largest absolute Gasteiger partial charge is 0.573 e. The summed E-state index contributed by atoms with van der Waals surface area (Å²) in [7, 11) is -2.99. The van der Waals surface area contributed by atoms with Crippen LogP contribution in [-0.4, -0.2) is 37.8 Å². The average Bonchev–Trinajstić information content (AvgIpc) is 2.89. The number of carbonyl (C=O) groups is 1. The van der Waals surface area contributed by atoms with Crippen molar-refractivity contribution in [3.8, 4) is 17.2 Å². The molecule has 1 saturated carbocycles. The summed E-state index contributed by atoms with van der Waals surface area (Å²) < 4.78 is 95.9. The third-order valence-electron chi connectivity index (χ3n) is 6.60. The minimum absolute atomic E-state index is 0.0656. The van der Waals surface area contributed by atoms with Crippen LogP contribution in [0.5, 0.6) is 17.2 Å². The number of benzene rings is 2. The second-order valence-corrected chi connectivity index (χ2v) is 12.5. The molecule has 1 aliphatic rings. The van der Waals surface area contributed by atoms with Gasteiger partial charge in [-0.05, 0) is 79.1 Å². The monoisotopic (exact) mass is 753 g/mol. The normalized spacial score (nSPS) is 13.6. The Bertz CT molecular complexity index is 1750. The Kier molecular flexibility index (Phi) is 9.99. The average molecular weight is 754 g/mol. The zero-order valence-electron chi connectivity index (χ0n) is 23.6. The zero-order chi connectivity index (χ0) is 32.4. The van der Waals surface area contributed by atoms with Crippen molar-refractivity contribution in [2.45, 2.75) is 45.5 Å². The Hall–Kier alpha value is -3.58. The van der Waals surface area contributed by atoms with Crippen LogP contribution in [0.3, 0.4) is 0 Å². The molecule has 0 unspecified atom stereocenters. The number of halogens is 5. The number of nitrogens with one attached hydrogen (secondary N) is 4. The van der Waals surface area contributed by atoms with Gasteiger partial charge in [-0.15, -0.1) is 13.2 Å². The number of hydrogen-bond acceptors (Lipinski definition) is 7. The van der Waals surface area contributed by atoms with Gasteiger partial charge >= 0.3 is 6.36 Å². The number of rotatable bonds is 11. The summed E-state index contributed by atoms with van der Waals surface area (Å²) in [5.41, 5.74) is -1.91. The van der Waals surface area contributed by atoms with E-state index in [1.165, 1.54) is 39.1 Å². The molecule has 0 spiro atoms. The molecule has 4 N–H and O–H groups in total. The standard InChI is InChI=1S/C27H28F4IN5O6S/c1-4-33-44(40,41)36-19-9-6-10-20(23(19)43-27(29,30)31)42-22-14(2)26(39)37(3)24(21(22)25(38)34-16-7-5-8-16)35-18-12-11-15(32)13-17(18)28/h6,9-13,16,33,35-36H,4-5,7-8H2,1-3H3,(H,34,38). The molecule has 1 amide bonds. The summed E-state index contributed by atoms with van der Waals surface area (Å²) in [5, 5.41) is 5.57. The molecule has 0 aliphatic heterocycles. The molecule has 0 atom stereocenters. The van der Waals surface area contributed by atoms with Gasteiger partial charge in [0, 0.05) is 23.2 Å². The summed E-state index contributed by atoms with van der Waals surface area (Å²) in [6, 6.07) is 7.24. The molecule has 1 fully saturated rings. The minimum Gasteiger partial charge on any atom is -0.452 e. The number of pyridine rings is 1. The smallest absolute Gasteiger partial charge is 0.452 e. The van der Waals surface area contributed by atoms with Gasteiger partial charge in [0.25, 0.3) is 21.7 Å². The molecule has 4 rings (SSSR count). The number of aromatic nitrogens is 1. The van der Waals surface area contributed by atoms with Crippen molar-refractivity contribution in [2.24, 2.45) is 7.05 Å². The van der Waals surface area contributed by atoms with E-state index in [0.29, 0.717) is 16.4 Å². The Morgan fingerprint density at radius 1 is 1.14 bits per heavy atom. The van der Waals surface area contributed by atoms with E-state index in [0.717, 1.165) is 23.1 Å². The van der Waals surface area contributed by atoms with Crippen LogP contribution in [0, 0.1) is 16.3 Å². The van der Waals surface area contributed by atoms with Crippen molar-refractivity contribution >= 4 is 55.9 Å². The highest BCUT2D eigenvalue weighted by molar-refractivity contribution is 14.1. The lowest BCUT2D eigenvalue weighted by Gasteiger charge is -2.28. The summed E-state index contributed by atoms with van der Waals surface area (Å²) in [4.78, 5) is 27.1. The molecular weight excluding hydrogens is 725 g/mol. The quantitative estimate of drug-likeness (QED) is 0.152. The first-order valence-electron chi connectivity index (χ1n) is 13.2. The number of alkyl halides is 3. The highest BCUT2D eigenvalue weighted by atomic mass is 127. The van der Waals surface area contributed by atoms with Crippen LogP contribution >= 0.6 is 22.6 Å².